The number of aromatic amines is 1. The normalized spacial score (nSPS) is 11.4. The molecular formula is C18H13F2NO. The van der Waals surface area contributed by atoms with Crippen molar-refractivity contribution in [1.29, 1.82) is 0 Å². The summed E-state index contributed by atoms with van der Waals surface area (Å²) in [6.07, 6.45) is 2.85. The first-order valence-electron chi connectivity index (χ1n) is 6.81. The Balaban J connectivity index is 1.94. The van der Waals surface area contributed by atoms with E-state index in [1.165, 1.54) is 18.2 Å². The SMILES string of the molecule is Cc1[nH]c2ccccc2c1C(=O)/C=C/c1ccc(F)c(F)c1. The standard InChI is InChI=1S/C18H13F2NO/c1-11-18(13-4-2-3-5-16(13)21-11)17(22)9-7-12-6-8-14(19)15(20)10-12/h2-10,21H,1H3/b9-7+. The average Bonchev–Trinajstić information content (AvgIpc) is 2.84. The van der Waals surface area contributed by atoms with Gasteiger partial charge in [0.15, 0.2) is 17.4 Å². The van der Waals surface area contributed by atoms with Crippen LogP contribution in [0, 0.1) is 18.6 Å². The maximum Gasteiger partial charge on any atom is 0.188 e. The Hall–Kier alpha value is -2.75. The summed E-state index contributed by atoms with van der Waals surface area (Å²) in [6, 6.07) is 11.0. The highest BCUT2D eigenvalue weighted by atomic mass is 19.2. The number of para-hydroxylation sites is 1. The Morgan fingerprint density at radius 2 is 1.86 bits per heavy atom. The van der Waals surface area contributed by atoms with E-state index in [9.17, 15) is 13.6 Å². The fourth-order valence-corrected chi connectivity index (χ4v) is 2.47. The molecule has 0 aliphatic carbocycles. The average molecular weight is 297 g/mol. The first kappa shape index (κ1) is 14.2. The summed E-state index contributed by atoms with van der Waals surface area (Å²) in [5, 5.41) is 0.847. The molecule has 3 aromatic rings. The highest BCUT2D eigenvalue weighted by molar-refractivity contribution is 6.15. The Labute approximate surface area is 126 Å². The van der Waals surface area contributed by atoms with Gasteiger partial charge in [0.1, 0.15) is 0 Å². The molecular weight excluding hydrogens is 284 g/mol. The molecule has 4 heteroatoms. The fourth-order valence-electron chi connectivity index (χ4n) is 2.47. The van der Waals surface area contributed by atoms with Crippen molar-refractivity contribution < 1.29 is 13.6 Å². The number of benzene rings is 2. The van der Waals surface area contributed by atoms with Gasteiger partial charge in [-0.25, -0.2) is 8.78 Å². The second-order valence-corrected chi connectivity index (χ2v) is 5.04. The summed E-state index contributed by atoms with van der Waals surface area (Å²) in [4.78, 5) is 15.5. The van der Waals surface area contributed by atoms with Gasteiger partial charge in [-0.15, -0.1) is 0 Å². The van der Waals surface area contributed by atoms with Gasteiger partial charge in [0, 0.05) is 16.6 Å². The molecule has 0 unspecified atom stereocenters. The summed E-state index contributed by atoms with van der Waals surface area (Å²) in [5.74, 6) is -2.02. The summed E-state index contributed by atoms with van der Waals surface area (Å²) >= 11 is 0. The van der Waals surface area contributed by atoms with Gasteiger partial charge in [-0.05, 0) is 36.8 Å². The monoisotopic (exact) mass is 297 g/mol. The molecule has 0 atom stereocenters. The van der Waals surface area contributed by atoms with Gasteiger partial charge in [0.2, 0.25) is 0 Å². The number of rotatable bonds is 3. The van der Waals surface area contributed by atoms with Crippen molar-refractivity contribution >= 4 is 22.8 Å². The molecule has 1 N–H and O–H groups in total. The molecule has 2 aromatic carbocycles. The first-order chi connectivity index (χ1) is 10.6. The number of hydrogen-bond acceptors (Lipinski definition) is 1. The molecule has 0 saturated carbocycles. The lowest BCUT2D eigenvalue weighted by atomic mass is 10.1. The van der Waals surface area contributed by atoms with Crippen molar-refractivity contribution in [3.05, 3.63) is 77.0 Å². The minimum atomic E-state index is -0.933. The molecule has 2 nitrogen and oxygen atoms in total. The maximum absolute atomic E-state index is 13.2. The third kappa shape index (κ3) is 2.55. The zero-order valence-electron chi connectivity index (χ0n) is 11.9. The maximum atomic E-state index is 13.2. The van der Waals surface area contributed by atoms with Crippen molar-refractivity contribution in [2.75, 3.05) is 0 Å². The van der Waals surface area contributed by atoms with Crippen LogP contribution in [0.1, 0.15) is 21.6 Å². The van der Waals surface area contributed by atoms with Crippen LogP contribution in [-0.4, -0.2) is 10.8 Å². The number of aryl methyl sites for hydroxylation is 1. The number of ketones is 1. The molecule has 0 fully saturated rings. The second kappa shape index (κ2) is 5.56. The van der Waals surface area contributed by atoms with Gasteiger partial charge in [-0.3, -0.25) is 4.79 Å². The number of fused-ring (bicyclic) bond motifs is 1. The Kier molecular flexibility index (Phi) is 3.59. The van der Waals surface area contributed by atoms with Crippen LogP contribution in [0.3, 0.4) is 0 Å². The molecule has 0 spiro atoms. The number of allylic oxidation sites excluding steroid dienone is 1. The van der Waals surface area contributed by atoms with E-state index >= 15 is 0 Å². The van der Waals surface area contributed by atoms with Gasteiger partial charge in [0.25, 0.3) is 0 Å². The van der Waals surface area contributed by atoms with Crippen molar-refractivity contribution in [2.45, 2.75) is 6.92 Å². The predicted molar refractivity (Wildman–Crippen MR) is 82.8 cm³/mol. The predicted octanol–water partition coefficient (Wildman–Crippen LogP) is 4.65. The summed E-state index contributed by atoms with van der Waals surface area (Å²) in [6.45, 7) is 1.83. The van der Waals surface area contributed by atoms with E-state index in [2.05, 4.69) is 4.98 Å². The van der Waals surface area contributed by atoms with Crippen LogP contribution in [0.5, 0.6) is 0 Å². The number of carbonyl (C=O) groups excluding carboxylic acids is 1. The van der Waals surface area contributed by atoms with E-state index in [1.807, 2.05) is 31.2 Å². The molecule has 0 aliphatic heterocycles. The van der Waals surface area contributed by atoms with Crippen LogP contribution in [-0.2, 0) is 0 Å². The molecule has 22 heavy (non-hydrogen) atoms. The van der Waals surface area contributed by atoms with E-state index in [0.29, 0.717) is 11.1 Å². The highest BCUT2D eigenvalue weighted by Crippen LogP contribution is 2.23. The number of aromatic nitrogens is 1. The lowest BCUT2D eigenvalue weighted by Gasteiger charge is -1.97. The molecule has 0 saturated heterocycles. The van der Waals surface area contributed by atoms with Gasteiger partial charge in [-0.2, -0.15) is 0 Å². The van der Waals surface area contributed by atoms with Crippen LogP contribution in [0.25, 0.3) is 17.0 Å². The Bertz CT molecular complexity index is 893. The summed E-state index contributed by atoms with van der Waals surface area (Å²) < 4.78 is 26.0. The summed E-state index contributed by atoms with van der Waals surface area (Å²) in [5.41, 5.74) is 2.70. The molecule has 0 radical (unpaired) electrons. The molecule has 110 valence electrons. The van der Waals surface area contributed by atoms with E-state index in [-0.39, 0.29) is 5.78 Å². The highest BCUT2D eigenvalue weighted by Gasteiger charge is 2.13. The lowest BCUT2D eigenvalue weighted by molar-refractivity contribution is 0.104. The number of carbonyl (C=O) groups is 1. The van der Waals surface area contributed by atoms with Gasteiger partial charge in [-0.1, -0.05) is 30.3 Å². The molecule has 0 aliphatic rings. The van der Waals surface area contributed by atoms with Crippen LogP contribution < -0.4 is 0 Å². The van der Waals surface area contributed by atoms with Crippen molar-refractivity contribution in [2.24, 2.45) is 0 Å². The molecule has 0 amide bonds. The number of hydrogen-bond donors (Lipinski definition) is 1. The lowest BCUT2D eigenvalue weighted by Crippen LogP contribution is -1.95. The zero-order valence-corrected chi connectivity index (χ0v) is 11.9. The van der Waals surface area contributed by atoms with Crippen molar-refractivity contribution in [1.82, 2.24) is 4.98 Å². The minimum Gasteiger partial charge on any atom is -0.358 e. The molecule has 1 aromatic heterocycles. The number of nitrogens with one attached hydrogen (secondary N) is 1. The van der Waals surface area contributed by atoms with Gasteiger partial charge in [0.05, 0.1) is 5.56 Å². The van der Waals surface area contributed by atoms with Gasteiger partial charge < -0.3 is 4.98 Å². The van der Waals surface area contributed by atoms with Crippen LogP contribution in [0.2, 0.25) is 0 Å². The minimum absolute atomic E-state index is 0.181. The van der Waals surface area contributed by atoms with E-state index < -0.39 is 11.6 Å². The topological polar surface area (TPSA) is 32.9 Å². The van der Waals surface area contributed by atoms with Crippen LogP contribution >= 0.6 is 0 Å². The van der Waals surface area contributed by atoms with Crippen molar-refractivity contribution in [3.8, 4) is 0 Å². The van der Waals surface area contributed by atoms with E-state index in [0.717, 1.165) is 28.7 Å². The molecule has 1 heterocycles. The summed E-state index contributed by atoms with van der Waals surface area (Å²) in [7, 11) is 0. The van der Waals surface area contributed by atoms with Gasteiger partial charge >= 0.3 is 0 Å². The van der Waals surface area contributed by atoms with Crippen LogP contribution in [0.15, 0.2) is 48.5 Å². The Morgan fingerprint density at radius 1 is 1.09 bits per heavy atom. The molecule has 3 rings (SSSR count). The molecule has 0 bridgehead atoms. The van der Waals surface area contributed by atoms with E-state index in [1.54, 1.807) is 0 Å². The fraction of sp³-hybridized carbons (Fsp3) is 0.0556. The van der Waals surface area contributed by atoms with E-state index in [4.69, 9.17) is 0 Å². The third-order valence-corrected chi connectivity index (χ3v) is 3.51. The first-order valence-corrected chi connectivity index (χ1v) is 6.81. The zero-order chi connectivity index (χ0) is 15.7. The number of H-pyrrole nitrogens is 1. The second-order valence-electron chi connectivity index (χ2n) is 5.04. The smallest absolute Gasteiger partial charge is 0.188 e. The van der Waals surface area contributed by atoms with Crippen molar-refractivity contribution in [3.63, 3.8) is 0 Å². The Morgan fingerprint density at radius 3 is 2.64 bits per heavy atom. The van der Waals surface area contributed by atoms with Crippen LogP contribution in [0.4, 0.5) is 8.78 Å². The largest absolute Gasteiger partial charge is 0.358 e. The quantitative estimate of drug-likeness (QED) is 0.554. The third-order valence-electron chi connectivity index (χ3n) is 3.51. The number of halogens is 2.